The van der Waals surface area contributed by atoms with Crippen LogP contribution in [0.3, 0.4) is 0 Å². The highest BCUT2D eigenvalue weighted by atomic mass is 32.1. The molecule has 1 N–H and O–H groups in total. The van der Waals surface area contributed by atoms with E-state index >= 15 is 0 Å². The summed E-state index contributed by atoms with van der Waals surface area (Å²) in [5.74, 6) is -0.0499. The van der Waals surface area contributed by atoms with Crippen LogP contribution in [0.5, 0.6) is 0 Å². The Labute approximate surface area is 129 Å². The van der Waals surface area contributed by atoms with Crippen molar-refractivity contribution < 1.29 is 4.79 Å². The lowest BCUT2D eigenvalue weighted by molar-refractivity contribution is 0.0935. The standard InChI is InChI=1S/C16H21N3OS/c1-3-19(4-2)14(15-6-5-11-21-15)12-18-16(20)13-7-9-17-10-8-13/h5-11,14H,3-4,12H2,1-2H3,(H,18,20). The second-order valence-electron chi connectivity index (χ2n) is 4.70. The van der Waals surface area contributed by atoms with Crippen molar-refractivity contribution >= 4 is 17.2 Å². The number of hydrogen-bond donors (Lipinski definition) is 1. The predicted molar refractivity (Wildman–Crippen MR) is 86.6 cm³/mol. The molecule has 0 aliphatic carbocycles. The Balaban J connectivity index is 2.04. The number of nitrogens with one attached hydrogen (secondary N) is 1. The Morgan fingerprint density at radius 1 is 1.29 bits per heavy atom. The molecular formula is C16H21N3OS. The zero-order valence-corrected chi connectivity index (χ0v) is 13.3. The lowest BCUT2D eigenvalue weighted by atomic mass is 10.2. The lowest BCUT2D eigenvalue weighted by Crippen LogP contribution is -2.37. The highest BCUT2D eigenvalue weighted by Crippen LogP contribution is 2.24. The minimum Gasteiger partial charge on any atom is -0.350 e. The second-order valence-corrected chi connectivity index (χ2v) is 5.68. The Morgan fingerprint density at radius 2 is 2.00 bits per heavy atom. The maximum Gasteiger partial charge on any atom is 0.251 e. The van der Waals surface area contributed by atoms with Gasteiger partial charge >= 0.3 is 0 Å². The van der Waals surface area contributed by atoms with E-state index in [1.165, 1.54) is 4.88 Å². The Bertz CT molecular complexity index is 538. The molecule has 2 rings (SSSR count). The van der Waals surface area contributed by atoms with Crippen LogP contribution in [0.2, 0.25) is 0 Å². The van der Waals surface area contributed by atoms with Crippen molar-refractivity contribution in [2.45, 2.75) is 19.9 Å². The molecule has 0 saturated heterocycles. The van der Waals surface area contributed by atoms with Gasteiger partial charge in [-0.25, -0.2) is 0 Å². The molecule has 2 heterocycles. The fourth-order valence-corrected chi connectivity index (χ4v) is 3.21. The zero-order chi connectivity index (χ0) is 15.1. The highest BCUT2D eigenvalue weighted by Gasteiger charge is 2.19. The Morgan fingerprint density at radius 3 is 2.57 bits per heavy atom. The molecule has 21 heavy (non-hydrogen) atoms. The molecule has 0 aliphatic rings. The summed E-state index contributed by atoms with van der Waals surface area (Å²) in [6, 6.07) is 7.87. The Hall–Kier alpha value is -1.72. The Kier molecular flexibility index (Phi) is 5.90. The number of thiophene rings is 1. The predicted octanol–water partition coefficient (Wildman–Crippen LogP) is 2.96. The zero-order valence-electron chi connectivity index (χ0n) is 12.5. The van der Waals surface area contributed by atoms with Crippen LogP contribution in [-0.2, 0) is 0 Å². The first-order valence-electron chi connectivity index (χ1n) is 7.22. The van der Waals surface area contributed by atoms with Crippen LogP contribution in [0, 0.1) is 0 Å². The van der Waals surface area contributed by atoms with E-state index in [-0.39, 0.29) is 11.9 Å². The third kappa shape index (κ3) is 4.12. The SMILES string of the molecule is CCN(CC)C(CNC(=O)c1ccncc1)c1cccs1. The first-order chi connectivity index (χ1) is 10.3. The van der Waals surface area contributed by atoms with Crippen LogP contribution in [-0.4, -0.2) is 35.4 Å². The summed E-state index contributed by atoms with van der Waals surface area (Å²) in [6.45, 7) is 6.83. The average molecular weight is 303 g/mol. The van der Waals surface area contributed by atoms with Gasteiger partial charge in [0.1, 0.15) is 0 Å². The molecule has 1 unspecified atom stereocenters. The van der Waals surface area contributed by atoms with Crippen molar-refractivity contribution in [3.05, 3.63) is 52.5 Å². The normalized spacial score (nSPS) is 12.3. The minimum absolute atomic E-state index is 0.0499. The first-order valence-corrected chi connectivity index (χ1v) is 8.09. The van der Waals surface area contributed by atoms with Gasteiger partial charge in [-0.15, -0.1) is 11.3 Å². The van der Waals surface area contributed by atoms with Gasteiger partial charge in [0.2, 0.25) is 0 Å². The molecular weight excluding hydrogens is 282 g/mol. The fraction of sp³-hybridized carbons (Fsp3) is 0.375. The molecule has 2 aromatic heterocycles. The smallest absolute Gasteiger partial charge is 0.251 e. The summed E-state index contributed by atoms with van der Waals surface area (Å²) >= 11 is 1.73. The molecule has 0 fully saturated rings. The molecule has 4 nitrogen and oxygen atoms in total. The highest BCUT2D eigenvalue weighted by molar-refractivity contribution is 7.10. The van der Waals surface area contributed by atoms with E-state index in [2.05, 4.69) is 46.6 Å². The largest absolute Gasteiger partial charge is 0.350 e. The van der Waals surface area contributed by atoms with Crippen LogP contribution in [0.25, 0.3) is 0 Å². The number of aromatic nitrogens is 1. The molecule has 0 bridgehead atoms. The van der Waals surface area contributed by atoms with E-state index in [4.69, 9.17) is 0 Å². The van der Waals surface area contributed by atoms with E-state index in [9.17, 15) is 4.79 Å². The summed E-state index contributed by atoms with van der Waals surface area (Å²) in [5.41, 5.74) is 0.648. The summed E-state index contributed by atoms with van der Waals surface area (Å²) in [7, 11) is 0. The van der Waals surface area contributed by atoms with Crippen LogP contribution >= 0.6 is 11.3 Å². The van der Waals surface area contributed by atoms with E-state index < -0.39 is 0 Å². The molecule has 112 valence electrons. The average Bonchev–Trinajstić information content (AvgIpc) is 3.06. The van der Waals surface area contributed by atoms with Gasteiger partial charge < -0.3 is 5.32 Å². The van der Waals surface area contributed by atoms with Crippen LogP contribution < -0.4 is 5.32 Å². The van der Waals surface area contributed by atoms with Gasteiger partial charge in [-0.05, 0) is 36.7 Å². The number of likely N-dealkylation sites (N-methyl/N-ethyl adjacent to an activating group) is 1. The fourth-order valence-electron chi connectivity index (χ4n) is 2.35. The molecule has 0 aliphatic heterocycles. The van der Waals surface area contributed by atoms with Crippen molar-refractivity contribution in [1.29, 1.82) is 0 Å². The maximum absolute atomic E-state index is 12.2. The number of carbonyl (C=O) groups is 1. The lowest BCUT2D eigenvalue weighted by Gasteiger charge is -2.29. The second kappa shape index (κ2) is 7.90. The van der Waals surface area contributed by atoms with Gasteiger partial charge in [-0.3, -0.25) is 14.7 Å². The molecule has 0 spiro atoms. The molecule has 0 saturated carbocycles. The van der Waals surface area contributed by atoms with Crippen molar-refractivity contribution in [3.63, 3.8) is 0 Å². The van der Waals surface area contributed by atoms with Crippen molar-refractivity contribution in [3.8, 4) is 0 Å². The molecule has 1 amide bonds. The minimum atomic E-state index is -0.0499. The number of rotatable bonds is 7. The van der Waals surface area contributed by atoms with Gasteiger partial charge in [-0.2, -0.15) is 0 Å². The summed E-state index contributed by atoms with van der Waals surface area (Å²) < 4.78 is 0. The quantitative estimate of drug-likeness (QED) is 0.855. The molecule has 0 radical (unpaired) electrons. The maximum atomic E-state index is 12.2. The number of nitrogens with zero attached hydrogens (tertiary/aromatic N) is 2. The topological polar surface area (TPSA) is 45.2 Å². The number of pyridine rings is 1. The van der Waals surface area contributed by atoms with E-state index in [1.807, 2.05) is 0 Å². The van der Waals surface area contributed by atoms with Gasteiger partial charge in [0.25, 0.3) is 5.91 Å². The third-order valence-corrected chi connectivity index (χ3v) is 4.50. The molecule has 5 heteroatoms. The van der Waals surface area contributed by atoms with E-state index in [0.717, 1.165) is 13.1 Å². The summed E-state index contributed by atoms with van der Waals surface area (Å²) in [6.07, 6.45) is 3.27. The molecule has 1 atom stereocenters. The summed E-state index contributed by atoms with van der Waals surface area (Å²) in [4.78, 5) is 19.7. The monoisotopic (exact) mass is 303 g/mol. The molecule has 0 aromatic carbocycles. The third-order valence-electron chi connectivity index (χ3n) is 3.52. The van der Waals surface area contributed by atoms with Crippen LogP contribution in [0.1, 0.15) is 35.1 Å². The van der Waals surface area contributed by atoms with Gasteiger partial charge in [0.15, 0.2) is 0 Å². The van der Waals surface area contributed by atoms with Crippen LogP contribution in [0.15, 0.2) is 42.0 Å². The van der Waals surface area contributed by atoms with E-state index in [0.29, 0.717) is 12.1 Å². The van der Waals surface area contributed by atoms with Crippen molar-refractivity contribution in [1.82, 2.24) is 15.2 Å². The van der Waals surface area contributed by atoms with E-state index in [1.54, 1.807) is 35.9 Å². The van der Waals surface area contributed by atoms with Crippen molar-refractivity contribution in [2.75, 3.05) is 19.6 Å². The van der Waals surface area contributed by atoms with Crippen LogP contribution in [0.4, 0.5) is 0 Å². The summed E-state index contributed by atoms with van der Waals surface area (Å²) in [5, 5.41) is 5.11. The van der Waals surface area contributed by atoms with Gasteiger partial charge in [-0.1, -0.05) is 19.9 Å². The molecule has 2 aromatic rings. The number of carbonyl (C=O) groups excluding carboxylic acids is 1. The van der Waals surface area contributed by atoms with Gasteiger partial charge in [0, 0.05) is 29.4 Å². The van der Waals surface area contributed by atoms with Gasteiger partial charge in [0.05, 0.1) is 6.04 Å². The first kappa shape index (κ1) is 15.7. The number of amides is 1. The van der Waals surface area contributed by atoms with Crippen molar-refractivity contribution in [2.24, 2.45) is 0 Å². The number of hydrogen-bond acceptors (Lipinski definition) is 4.